The van der Waals surface area contributed by atoms with Crippen LogP contribution in [0.5, 0.6) is 0 Å². The maximum Gasteiger partial charge on any atom is 0.00987 e. The molecule has 0 fully saturated rings. The number of benzene rings is 1. The van der Waals surface area contributed by atoms with Crippen molar-refractivity contribution >= 4 is 5.57 Å². The van der Waals surface area contributed by atoms with E-state index in [1.165, 1.54) is 17.5 Å². The van der Waals surface area contributed by atoms with E-state index in [1.54, 1.807) is 5.57 Å². The molecule has 0 N–H and O–H groups in total. The third-order valence-corrected chi connectivity index (χ3v) is 4.22. The van der Waals surface area contributed by atoms with Crippen LogP contribution in [0.4, 0.5) is 0 Å². The fourth-order valence-corrected chi connectivity index (χ4v) is 3.57. The first kappa shape index (κ1) is 8.58. The zero-order valence-corrected chi connectivity index (χ0v) is 9.14. The maximum atomic E-state index is 2.42. The first-order valence-corrected chi connectivity index (χ1v) is 6.09. The minimum absolute atomic E-state index is 0.631. The zero-order valence-electron chi connectivity index (χ0n) is 9.14. The van der Waals surface area contributed by atoms with Gasteiger partial charge in [0.25, 0.3) is 0 Å². The summed E-state index contributed by atoms with van der Waals surface area (Å²) in [5.41, 5.74) is 4.58. The zero-order chi connectivity index (χ0) is 10.5. The van der Waals surface area contributed by atoms with Gasteiger partial charge in [-0.05, 0) is 29.0 Å². The average molecular weight is 206 g/mol. The number of allylic oxidation sites excluding steroid dienone is 6. The molecule has 78 valence electrons. The summed E-state index contributed by atoms with van der Waals surface area (Å²) < 4.78 is 0. The van der Waals surface area contributed by atoms with Crippen LogP contribution in [-0.4, -0.2) is 0 Å². The van der Waals surface area contributed by atoms with Gasteiger partial charge in [-0.1, -0.05) is 54.6 Å². The van der Waals surface area contributed by atoms with Crippen molar-refractivity contribution in [3.8, 4) is 0 Å². The van der Waals surface area contributed by atoms with Crippen molar-refractivity contribution < 1.29 is 0 Å². The number of rotatable bonds is 0. The summed E-state index contributed by atoms with van der Waals surface area (Å²) in [6.07, 6.45) is 12.9. The predicted molar refractivity (Wildman–Crippen MR) is 67.0 cm³/mol. The highest BCUT2D eigenvalue weighted by atomic mass is 14.4. The molecule has 0 nitrogen and oxygen atoms in total. The van der Waals surface area contributed by atoms with Crippen molar-refractivity contribution in [1.82, 2.24) is 0 Å². The molecule has 3 aliphatic carbocycles. The van der Waals surface area contributed by atoms with Gasteiger partial charge in [0, 0.05) is 11.8 Å². The van der Waals surface area contributed by atoms with Crippen molar-refractivity contribution in [3.63, 3.8) is 0 Å². The SMILES string of the molecule is C1=CC2CC=CC3c4ccccc4C(=C1)C23. The highest BCUT2D eigenvalue weighted by Crippen LogP contribution is 2.54. The summed E-state index contributed by atoms with van der Waals surface area (Å²) in [6, 6.07) is 8.91. The van der Waals surface area contributed by atoms with Gasteiger partial charge >= 0.3 is 0 Å². The molecule has 16 heavy (non-hydrogen) atoms. The molecule has 0 spiro atoms. The van der Waals surface area contributed by atoms with Gasteiger partial charge in [-0.25, -0.2) is 0 Å². The molecule has 0 radical (unpaired) electrons. The van der Waals surface area contributed by atoms with E-state index in [0.29, 0.717) is 11.8 Å². The largest absolute Gasteiger partial charge is 0.0873 e. The Kier molecular flexibility index (Phi) is 1.59. The lowest BCUT2D eigenvalue weighted by Gasteiger charge is -2.31. The Morgan fingerprint density at radius 1 is 1.06 bits per heavy atom. The van der Waals surface area contributed by atoms with Crippen LogP contribution in [0.3, 0.4) is 0 Å². The van der Waals surface area contributed by atoms with Gasteiger partial charge in [-0.3, -0.25) is 0 Å². The summed E-state index contributed by atoms with van der Waals surface area (Å²) in [6.45, 7) is 0. The highest BCUT2D eigenvalue weighted by Gasteiger charge is 2.40. The van der Waals surface area contributed by atoms with Gasteiger partial charge in [0.05, 0.1) is 0 Å². The maximum absolute atomic E-state index is 2.42. The van der Waals surface area contributed by atoms with E-state index < -0.39 is 0 Å². The number of hydrogen-bond acceptors (Lipinski definition) is 0. The van der Waals surface area contributed by atoms with Crippen LogP contribution in [0.1, 0.15) is 23.5 Å². The standard InChI is InChI=1S/C16H14/c1-2-8-13-12(7-1)14-9-3-5-11-6-4-10-15(13)16(11)14/h1-5,7-11,15-16H,6H2. The molecule has 1 aromatic carbocycles. The van der Waals surface area contributed by atoms with Crippen LogP contribution in [-0.2, 0) is 0 Å². The van der Waals surface area contributed by atoms with Crippen LogP contribution in [0, 0.1) is 11.8 Å². The Balaban J connectivity index is 2.01. The van der Waals surface area contributed by atoms with E-state index in [-0.39, 0.29) is 0 Å². The minimum Gasteiger partial charge on any atom is -0.0873 e. The lowest BCUT2D eigenvalue weighted by atomic mass is 9.73. The van der Waals surface area contributed by atoms with E-state index in [0.717, 1.165) is 5.92 Å². The van der Waals surface area contributed by atoms with Crippen LogP contribution in [0.2, 0.25) is 0 Å². The van der Waals surface area contributed by atoms with Crippen molar-refractivity contribution in [2.24, 2.45) is 11.8 Å². The third-order valence-electron chi connectivity index (χ3n) is 4.22. The van der Waals surface area contributed by atoms with E-state index >= 15 is 0 Å². The quantitative estimate of drug-likeness (QED) is 0.564. The number of hydrogen-bond donors (Lipinski definition) is 0. The first-order chi connectivity index (χ1) is 7.95. The van der Waals surface area contributed by atoms with Crippen molar-refractivity contribution in [1.29, 1.82) is 0 Å². The van der Waals surface area contributed by atoms with Crippen molar-refractivity contribution in [3.05, 3.63) is 65.8 Å². The Morgan fingerprint density at radius 2 is 2.00 bits per heavy atom. The molecular formula is C16H14. The minimum atomic E-state index is 0.631. The lowest BCUT2D eigenvalue weighted by molar-refractivity contribution is 0.445. The molecule has 0 saturated carbocycles. The summed E-state index contributed by atoms with van der Waals surface area (Å²) in [5, 5.41) is 0. The lowest BCUT2D eigenvalue weighted by Crippen LogP contribution is -2.20. The van der Waals surface area contributed by atoms with E-state index in [9.17, 15) is 0 Å². The molecule has 0 bridgehead atoms. The van der Waals surface area contributed by atoms with Crippen LogP contribution in [0.25, 0.3) is 5.57 Å². The molecular weight excluding hydrogens is 192 g/mol. The van der Waals surface area contributed by atoms with Crippen LogP contribution < -0.4 is 0 Å². The van der Waals surface area contributed by atoms with Gasteiger partial charge in [-0.15, -0.1) is 0 Å². The van der Waals surface area contributed by atoms with Crippen LogP contribution in [0.15, 0.2) is 54.6 Å². The van der Waals surface area contributed by atoms with Gasteiger partial charge in [0.2, 0.25) is 0 Å². The first-order valence-electron chi connectivity index (χ1n) is 6.09. The molecule has 0 aromatic heterocycles. The Hall–Kier alpha value is -1.56. The summed E-state index contributed by atoms with van der Waals surface area (Å²) >= 11 is 0. The van der Waals surface area contributed by atoms with E-state index in [2.05, 4.69) is 54.6 Å². The molecule has 0 amide bonds. The molecule has 0 saturated heterocycles. The Labute approximate surface area is 96.0 Å². The Morgan fingerprint density at radius 3 is 3.00 bits per heavy atom. The molecule has 0 aliphatic heterocycles. The smallest absolute Gasteiger partial charge is 0.00987 e. The van der Waals surface area contributed by atoms with Gasteiger partial charge in [0.1, 0.15) is 0 Å². The molecule has 4 rings (SSSR count). The molecule has 3 atom stereocenters. The fourth-order valence-electron chi connectivity index (χ4n) is 3.57. The third kappa shape index (κ3) is 0.948. The molecule has 1 aromatic rings. The normalized spacial score (nSPS) is 33.2. The second kappa shape index (κ2) is 2.98. The summed E-state index contributed by atoms with van der Waals surface area (Å²) in [7, 11) is 0. The van der Waals surface area contributed by atoms with E-state index in [4.69, 9.17) is 0 Å². The van der Waals surface area contributed by atoms with E-state index in [1.807, 2.05) is 0 Å². The van der Waals surface area contributed by atoms with Gasteiger partial charge in [0.15, 0.2) is 0 Å². The molecule has 3 aliphatic rings. The average Bonchev–Trinajstić information content (AvgIpc) is 2.68. The monoisotopic (exact) mass is 206 g/mol. The molecule has 0 heterocycles. The highest BCUT2D eigenvalue weighted by molar-refractivity contribution is 5.79. The van der Waals surface area contributed by atoms with Crippen molar-refractivity contribution in [2.75, 3.05) is 0 Å². The number of fused-ring (bicyclic) bond motifs is 3. The van der Waals surface area contributed by atoms with Gasteiger partial charge in [-0.2, -0.15) is 0 Å². The fraction of sp³-hybridized carbons (Fsp3) is 0.250. The summed E-state index contributed by atoms with van der Waals surface area (Å²) in [4.78, 5) is 0. The predicted octanol–water partition coefficient (Wildman–Crippen LogP) is 3.93. The van der Waals surface area contributed by atoms with Gasteiger partial charge < -0.3 is 0 Å². The second-order valence-electron chi connectivity index (χ2n) is 4.97. The molecule has 3 unspecified atom stereocenters. The second-order valence-corrected chi connectivity index (χ2v) is 4.97. The van der Waals surface area contributed by atoms with Crippen molar-refractivity contribution in [2.45, 2.75) is 12.3 Å². The topological polar surface area (TPSA) is 0 Å². The molecule has 0 heteroatoms. The van der Waals surface area contributed by atoms with Crippen LogP contribution >= 0.6 is 0 Å². The Bertz CT molecular complexity index is 531. The summed E-state index contributed by atoms with van der Waals surface area (Å²) in [5.74, 6) is 2.07.